The summed E-state index contributed by atoms with van der Waals surface area (Å²) in [4.78, 5) is 27.5. The SMILES string of the molecule is CC(=O)O[C@H]1[C@H](O)C(N=[N+]=[N-])CC(N=[N+]=[N-])[C@@H]1OC(C)=O. The molecule has 2 unspecified atom stereocenters. The van der Waals surface area contributed by atoms with E-state index >= 15 is 0 Å². The standard InChI is InChI=1S/C10H14N6O5/c1-4(17)20-9-7(14-16-12)3-6(13-15-11)8(19)10(9)21-5(2)18/h6-10,19H,3H2,1-2H3/t6?,7?,8-,9+,10+/m1/s1. The van der Waals surface area contributed by atoms with Gasteiger partial charge >= 0.3 is 11.9 Å². The van der Waals surface area contributed by atoms with Crippen molar-refractivity contribution >= 4 is 11.9 Å². The Morgan fingerprint density at radius 3 is 2.00 bits per heavy atom. The fraction of sp³-hybridized carbons (Fsp3) is 0.800. The lowest BCUT2D eigenvalue weighted by molar-refractivity contribution is -0.184. The summed E-state index contributed by atoms with van der Waals surface area (Å²) < 4.78 is 9.93. The van der Waals surface area contributed by atoms with E-state index in [1.165, 1.54) is 0 Å². The minimum Gasteiger partial charge on any atom is -0.458 e. The smallest absolute Gasteiger partial charge is 0.303 e. The van der Waals surface area contributed by atoms with Crippen molar-refractivity contribution in [3.8, 4) is 0 Å². The van der Waals surface area contributed by atoms with Crippen molar-refractivity contribution in [1.82, 2.24) is 0 Å². The molecule has 0 aromatic heterocycles. The Labute approximate surface area is 119 Å². The van der Waals surface area contributed by atoms with Crippen LogP contribution in [0.4, 0.5) is 0 Å². The zero-order chi connectivity index (χ0) is 16.0. The topological polar surface area (TPSA) is 170 Å². The number of rotatable bonds is 4. The molecule has 0 aromatic carbocycles. The quantitative estimate of drug-likeness (QED) is 0.352. The second kappa shape index (κ2) is 7.34. The third-order valence-electron chi connectivity index (χ3n) is 2.92. The van der Waals surface area contributed by atoms with E-state index < -0.39 is 42.3 Å². The van der Waals surface area contributed by atoms with E-state index in [0.29, 0.717) is 0 Å². The summed E-state index contributed by atoms with van der Waals surface area (Å²) in [5.74, 6) is -1.41. The van der Waals surface area contributed by atoms with Crippen molar-refractivity contribution in [2.24, 2.45) is 10.2 Å². The number of hydrogen-bond acceptors (Lipinski definition) is 7. The monoisotopic (exact) mass is 298 g/mol. The molecule has 0 aliphatic heterocycles. The molecule has 1 N–H and O–H groups in total. The van der Waals surface area contributed by atoms with Gasteiger partial charge in [-0.05, 0) is 17.5 Å². The van der Waals surface area contributed by atoms with Crippen LogP contribution in [0, 0.1) is 0 Å². The molecule has 11 nitrogen and oxygen atoms in total. The van der Waals surface area contributed by atoms with Crippen LogP contribution in [0.1, 0.15) is 20.3 Å². The first-order valence-electron chi connectivity index (χ1n) is 6.01. The second-order valence-corrected chi connectivity index (χ2v) is 4.42. The van der Waals surface area contributed by atoms with Crippen LogP contribution in [0.2, 0.25) is 0 Å². The average Bonchev–Trinajstić information content (AvgIpc) is 2.38. The van der Waals surface area contributed by atoms with E-state index in [4.69, 9.17) is 20.5 Å². The highest BCUT2D eigenvalue weighted by molar-refractivity contribution is 5.67. The molecule has 114 valence electrons. The maximum atomic E-state index is 11.1. The Hall–Kier alpha value is -2.48. The number of ether oxygens (including phenoxy) is 2. The number of nitrogens with zero attached hydrogens (tertiary/aromatic N) is 6. The van der Waals surface area contributed by atoms with Gasteiger partial charge in [0.05, 0.1) is 12.1 Å². The first kappa shape index (κ1) is 16.6. The molecule has 1 aliphatic carbocycles. The van der Waals surface area contributed by atoms with Gasteiger partial charge in [-0.15, -0.1) is 0 Å². The summed E-state index contributed by atoms with van der Waals surface area (Å²) in [6.45, 7) is 2.24. The fourth-order valence-corrected chi connectivity index (χ4v) is 2.18. The molecule has 0 spiro atoms. The Balaban J connectivity index is 3.17. The molecule has 0 amide bonds. The molecule has 11 heteroatoms. The van der Waals surface area contributed by atoms with E-state index in [1.807, 2.05) is 0 Å². The van der Waals surface area contributed by atoms with Gasteiger partial charge in [-0.2, -0.15) is 0 Å². The van der Waals surface area contributed by atoms with Crippen molar-refractivity contribution in [3.63, 3.8) is 0 Å². The highest BCUT2D eigenvalue weighted by Gasteiger charge is 2.47. The van der Waals surface area contributed by atoms with E-state index in [0.717, 1.165) is 13.8 Å². The zero-order valence-corrected chi connectivity index (χ0v) is 11.4. The van der Waals surface area contributed by atoms with Gasteiger partial charge in [0.25, 0.3) is 0 Å². The van der Waals surface area contributed by atoms with Crippen LogP contribution in [0.15, 0.2) is 10.2 Å². The lowest BCUT2D eigenvalue weighted by Crippen LogP contribution is -2.57. The summed E-state index contributed by atoms with van der Waals surface area (Å²) in [7, 11) is 0. The van der Waals surface area contributed by atoms with Crippen molar-refractivity contribution in [1.29, 1.82) is 0 Å². The maximum Gasteiger partial charge on any atom is 0.303 e. The van der Waals surface area contributed by atoms with Crippen molar-refractivity contribution < 1.29 is 24.2 Å². The van der Waals surface area contributed by atoms with Gasteiger partial charge in [-0.3, -0.25) is 9.59 Å². The van der Waals surface area contributed by atoms with Crippen LogP contribution in [-0.2, 0) is 19.1 Å². The van der Waals surface area contributed by atoms with Crippen molar-refractivity contribution in [3.05, 3.63) is 20.9 Å². The Morgan fingerprint density at radius 2 is 1.52 bits per heavy atom. The minimum atomic E-state index is -1.38. The normalized spacial score (nSPS) is 31.3. The van der Waals surface area contributed by atoms with Gasteiger partial charge in [-0.1, -0.05) is 10.2 Å². The molecule has 0 heterocycles. The van der Waals surface area contributed by atoms with Crippen molar-refractivity contribution in [2.45, 2.75) is 50.7 Å². The Morgan fingerprint density at radius 1 is 1.05 bits per heavy atom. The second-order valence-electron chi connectivity index (χ2n) is 4.42. The van der Waals surface area contributed by atoms with E-state index in [1.54, 1.807) is 0 Å². The molecule has 1 saturated carbocycles. The maximum absolute atomic E-state index is 11.1. The van der Waals surface area contributed by atoms with Gasteiger partial charge in [0.1, 0.15) is 12.2 Å². The van der Waals surface area contributed by atoms with Crippen LogP contribution in [-0.4, -0.2) is 47.4 Å². The predicted octanol–water partition coefficient (Wildman–Crippen LogP) is 0.972. The molecule has 1 aliphatic rings. The lowest BCUT2D eigenvalue weighted by atomic mass is 9.84. The van der Waals surface area contributed by atoms with Gasteiger partial charge in [0.15, 0.2) is 6.10 Å². The van der Waals surface area contributed by atoms with Crippen LogP contribution in [0.5, 0.6) is 0 Å². The molecule has 1 fully saturated rings. The Bertz CT molecular complexity index is 512. The van der Waals surface area contributed by atoms with Gasteiger partial charge < -0.3 is 14.6 Å². The van der Waals surface area contributed by atoms with Gasteiger partial charge in [0, 0.05) is 23.7 Å². The number of hydrogen-bond donors (Lipinski definition) is 1. The van der Waals surface area contributed by atoms with Crippen LogP contribution in [0.3, 0.4) is 0 Å². The average molecular weight is 298 g/mol. The van der Waals surface area contributed by atoms with Gasteiger partial charge in [0.2, 0.25) is 0 Å². The number of esters is 2. The summed E-state index contributed by atoms with van der Waals surface area (Å²) in [6.07, 6.45) is -3.85. The number of carbonyl (C=O) groups is 2. The number of aliphatic hydroxyl groups is 1. The van der Waals surface area contributed by atoms with Crippen LogP contribution in [0.25, 0.3) is 20.9 Å². The zero-order valence-electron chi connectivity index (χ0n) is 11.4. The van der Waals surface area contributed by atoms with Crippen molar-refractivity contribution in [2.75, 3.05) is 0 Å². The molecule has 0 aromatic rings. The first-order chi connectivity index (χ1) is 9.90. The summed E-state index contributed by atoms with van der Waals surface area (Å²) in [5, 5.41) is 17.0. The van der Waals surface area contributed by atoms with E-state index in [-0.39, 0.29) is 6.42 Å². The third kappa shape index (κ3) is 4.25. The molecule has 1 rings (SSSR count). The number of azide groups is 2. The molecule has 5 atom stereocenters. The summed E-state index contributed by atoms with van der Waals surface area (Å²) >= 11 is 0. The van der Waals surface area contributed by atoms with E-state index in [9.17, 15) is 14.7 Å². The molecule has 21 heavy (non-hydrogen) atoms. The largest absolute Gasteiger partial charge is 0.458 e. The van der Waals surface area contributed by atoms with Gasteiger partial charge in [-0.25, -0.2) is 0 Å². The number of carbonyl (C=O) groups excluding carboxylic acids is 2. The molecule has 0 saturated heterocycles. The third-order valence-corrected chi connectivity index (χ3v) is 2.92. The highest BCUT2D eigenvalue weighted by atomic mass is 16.6. The van der Waals surface area contributed by atoms with E-state index in [2.05, 4.69) is 20.1 Å². The predicted molar refractivity (Wildman–Crippen MR) is 67.6 cm³/mol. The molecule has 0 radical (unpaired) electrons. The summed E-state index contributed by atoms with van der Waals surface area (Å²) in [6, 6.07) is -1.90. The fourth-order valence-electron chi connectivity index (χ4n) is 2.18. The Kier molecular flexibility index (Phi) is 5.79. The highest BCUT2D eigenvalue weighted by Crippen LogP contribution is 2.30. The van der Waals surface area contributed by atoms with Crippen LogP contribution < -0.4 is 0 Å². The summed E-state index contributed by atoms with van der Waals surface area (Å²) in [5.41, 5.74) is 17.0. The number of aliphatic hydroxyl groups excluding tert-OH is 1. The molecule has 0 bridgehead atoms. The lowest BCUT2D eigenvalue weighted by Gasteiger charge is -2.40. The van der Waals surface area contributed by atoms with Crippen LogP contribution >= 0.6 is 0 Å². The first-order valence-corrected chi connectivity index (χ1v) is 6.01. The minimum absolute atomic E-state index is 0.0367. The molecular formula is C10H14N6O5. The molecular weight excluding hydrogens is 284 g/mol.